The summed E-state index contributed by atoms with van der Waals surface area (Å²) in [6.07, 6.45) is 2.15. The third-order valence-electron chi connectivity index (χ3n) is 4.89. The number of carbonyl (C=O) groups is 1. The van der Waals surface area contributed by atoms with E-state index >= 15 is 0 Å². The van der Waals surface area contributed by atoms with Crippen LogP contribution in [0.1, 0.15) is 28.8 Å². The largest absolute Gasteiger partial charge is 0.497 e. The molecule has 0 bridgehead atoms. The van der Waals surface area contributed by atoms with Crippen molar-refractivity contribution < 1.29 is 22.7 Å². The second-order valence-electron chi connectivity index (χ2n) is 6.83. The first-order chi connectivity index (χ1) is 14.3. The number of aromatic amines is 1. The van der Waals surface area contributed by atoms with Crippen molar-refractivity contribution in [3.05, 3.63) is 64.8 Å². The summed E-state index contributed by atoms with van der Waals surface area (Å²) >= 11 is 0. The molecule has 3 aromatic rings. The van der Waals surface area contributed by atoms with Gasteiger partial charge in [-0.15, -0.1) is 6.42 Å². The molecule has 1 heterocycles. The monoisotopic (exact) mass is 414 g/mol. The zero-order chi connectivity index (χ0) is 21.7. The van der Waals surface area contributed by atoms with Crippen molar-refractivity contribution >= 4 is 16.8 Å². The number of ether oxygens (including phenoxy) is 1. The van der Waals surface area contributed by atoms with Crippen LogP contribution < -0.4 is 10.1 Å². The Morgan fingerprint density at radius 2 is 2.00 bits per heavy atom. The number of methoxy groups -OCH3 is 1. The van der Waals surface area contributed by atoms with Crippen LogP contribution in [-0.2, 0) is 17.6 Å². The van der Waals surface area contributed by atoms with Gasteiger partial charge in [-0.3, -0.25) is 4.79 Å². The fourth-order valence-electron chi connectivity index (χ4n) is 3.40. The van der Waals surface area contributed by atoms with E-state index in [2.05, 4.69) is 10.9 Å². The van der Waals surface area contributed by atoms with Crippen LogP contribution in [0.3, 0.4) is 0 Å². The van der Waals surface area contributed by atoms with Gasteiger partial charge in [0.2, 0.25) is 0 Å². The van der Waals surface area contributed by atoms with Crippen molar-refractivity contribution in [1.82, 2.24) is 10.3 Å². The Morgan fingerprint density at radius 1 is 1.23 bits per heavy atom. The van der Waals surface area contributed by atoms with Crippen LogP contribution in [0.5, 0.6) is 5.75 Å². The van der Waals surface area contributed by atoms with Gasteiger partial charge >= 0.3 is 12.1 Å². The molecule has 156 valence electrons. The van der Waals surface area contributed by atoms with Gasteiger partial charge in [-0.1, -0.05) is 24.1 Å². The van der Waals surface area contributed by atoms with E-state index in [9.17, 15) is 18.0 Å². The van der Waals surface area contributed by atoms with E-state index in [1.807, 2.05) is 47.8 Å². The zero-order valence-corrected chi connectivity index (χ0v) is 16.4. The summed E-state index contributed by atoms with van der Waals surface area (Å²) < 4.78 is 42.4. The number of fused-ring (bicyclic) bond motifs is 1. The smallest absolute Gasteiger partial charge is 0.471 e. The molecule has 4 nitrogen and oxygen atoms in total. The number of rotatable bonds is 7. The Labute approximate surface area is 172 Å². The van der Waals surface area contributed by atoms with Gasteiger partial charge < -0.3 is 15.0 Å². The number of alkyl halides is 3. The van der Waals surface area contributed by atoms with Gasteiger partial charge in [0.25, 0.3) is 0 Å². The third kappa shape index (κ3) is 4.77. The highest BCUT2D eigenvalue weighted by molar-refractivity contribution is 5.86. The maximum Gasteiger partial charge on any atom is 0.471 e. The SMILES string of the molecule is C#Cc1ccccc1Cc1c(CCCNC(=O)C(F)(F)F)[nH]c2ccc(OC)cc12. The Hall–Kier alpha value is -3.40. The first-order valence-electron chi connectivity index (χ1n) is 9.40. The van der Waals surface area contributed by atoms with Crippen molar-refractivity contribution in [1.29, 1.82) is 0 Å². The van der Waals surface area contributed by atoms with Gasteiger partial charge in [-0.05, 0) is 48.2 Å². The molecule has 1 amide bonds. The first-order valence-corrected chi connectivity index (χ1v) is 9.40. The summed E-state index contributed by atoms with van der Waals surface area (Å²) in [6.45, 7) is -0.0720. The van der Waals surface area contributed by atoms with E-state index < -0.39 is 12.1 Å². The minimum atomic E-state index is -4.87. The standard InChI is InChI=1S/C23H21F3N2O2/c1-3-15-7-4-5-8-16(15)13-18-19-14-17(30-2)10-11-21(19)28-20(18)9-6-12-27-22(29)23(24,25)26/h1,4-5,7-8,10-11,14,28H,6,9,12-13H2,2H3,(H,27,29). The van der Waals surface area contributed by atoms with E-state index in [0.29, 0.717) is 25.0 Å². The molecule has 0 fully saturated rings. The van der Waals surface area contributed by atoms with Gasteiger partial charge in [0.1, 0.15) is 5.75 Å². The third-order valence-corrected chi connectivity index (χ3v) is 4.89. The number of H-pyrrole nitrogens is 1. The Balaban J connectivity index is 1.87. The summed E-state index contributed by atoms with van der Waals surface area (Å²) in [4.78, 5) is 14.3. The van der Waals surface area contributed by atoms with Gasteiger partial charge in [-0.2, -0.15) is 13.2 Å². The number of nitrogens with one attached hydrogen (secondary N) is 2. The lowest BCUT2D eigenvalue weighted by Gasteiger charge is -2.09. The van der Waals surface area contributed by atoms with E-state index in [4.69, 9.17) is 11.2 Å². The number of benzene rings is 2. The summed E-state index contributed by atoms with van der Waals surface area (Å²) in [6, 6.07) is 13.3. The molecule has 3 rings (SSSR count). The summed E-state index contributed by atoms with van der Waals surface area (Å²) in [5, 5.41) is 2.88. The van der Waals surface area contributed by atoms with Crippen LogP contribution in [-0.4, -0.2) is 30.7 Å². The van der Waals surface area contributed by atoms with Crippen LogP contribution in [0.15, 0.2) is 42.5 Å². The van der Waals surface area contributed by atoms with Crippen LogP contribution in [0.4, 0.5) is 13.2 Å². The second-order valence-corrected chi connectivity index (χ2v) is 6.83. The molecular formula is C23H21F3N2O2. The Kier molecular flexibility index (Phi) is 6.36. The van der Waals surface area contributed by atoms with Gasteiger partial charge in [0.15, 0.2) is 0 Å². The van der Waals surface area contributed by atoms with Crippen LogP contribution in [0.25, 0.3) is 10.9 Å². The number of terminal acetylenes is 1. The fourth-order valence-corrected chi connectivity index (χ4v) is 3.40. The highest BCUT2D eigenvalue weighted by atomic mass is 19.4. The molecule has 7 heteroatoms. The molecule has 0 aliphatic heterocycles. The summed E-state index contributed by atoms with van der Waals surface area (Å²) in [5.41, 5.74) is 4.58. The van der Waals surface area contributed by atoms with Crippen molar-refractivity contribution in [2.45, 2.75) is 25.4 Å². The van der Waals surface area contributed by atoms with Crippen molar-refractivity contribution in [2.75, 3.05) is 13.7 Å². The molecule has 0 spiro atoms. The lowest BCUT2D eigenvalue weighted by Crippen LogP contribution is -2.37. The van der Waals surface area contributed by atoms with Crippen LogP contribution in [0, 0.1) is 12.3 Å². The van der Waals surface area contributed by atoms with Crippen molar-refractivity contribution in [2.24, 2.45) is 0 Å². The number of aromatic nitrogens is 1. The maximum atomic E-state index is 12.3. The van der Waals surface area contributed by atoms with Crippen molar-refractivity contribution in [3.63, 3.8) is 0 Å². The summed E-state index contributed by atoms with van der Waals surface area (Å²) in [7, 11) is 1.59. The predicted octanol–water partition coefficient (Wildman–Crippen LogP) is 4.36. The normalized spacial score (nSPS) is 11.3. The Bertz CT molecular complexity index is 1090. The van der Waals surface area contributed by atoms with E-state index in [1.165, 1.54) is 0 Å². The fraction of sp³-hybridized carbons (Fsp3) is 0.261. The Morgan fingerprint density at radius 3 is 2.70 bits per heavy atom. The van der Waals surface area contributed by atoms with E-state index in [1.54, 1.807) is 7.11 Å². The molecule has 0 saturated carbocycles. The summed E-state index contributed by atoms with van der Waals surface area (Å²) in [5.74, 6) is 1.47. The zero-order valence-electron chi connectivity index (χ0n) is 16.4. The van der Waals surface area contributed by atoms with Crippen LogP contribution in [0.2, 0.25) is 0 Å². The number of hydrogen-bond acceptors (Lipinski definition) is 2. The number of amides is 1. The van der Waals surface area contributed by atoms with Crippen molar-refractivity contribution in [3.8, 4) is 18.1 Å². The average molecular weight is 414 g/mol. The molecular weight excluding hydrogens is 393 g/mol. The number of aryl methyl sites for hydroxylation is 1. The molecule has 2 aromatic carbocycles. The maximum absolute atomic E-state index is 12.3. The minimum absolute atomic E-state index is 0.0720. The molecule has 0 aliphatic rings. The predicted molar refractivity (Wildman–Crippen MR) is 109 cm³/mol. The molecule has 30 heavy (non-hydrogen) atoms. The van der Waals surface area contributed by atoms with Gasteiger partial charge in [0.05, 0.1) is 7.11 Å². The quantitative estimate of drug-likeness (QED) is 0.446. The number of carbonyl (C=O) groups excluding carboxylic acids is 1. The van der Waals surface area contributed by atoms with Gasteiger partial charge in [0, 0.05) is 35.1 Å². The molecule has 0 unspecified atom stereocenters. The van der Waals surface area contributed by atoms with Crippen LogP contribution >= 0.6 is 0 Å². The second kappa shape index (κ2) is 8.95. The molecule has 0 aliphatic carbocycles. The first kappa shape index (κ1) is 21.3. The molecule has 0 radical (unpaired) electrons. The topological polar surface area (TPSA) is 54.1 Å². The number of hydrogen-bond donors (Lipinski definition) is 2. The highest BCUT2D eigenvalue weighted by Gasteiger charge is 2.38. The molecule has 0 saturated heterocycles. The van der Waals surface area contributed by atoms with Gasteiger partial charge in [-0.25, -0.2) is 0 Å². The number of halogens is 3. The highest BCUT2D eigenvalue weighted by Crippen LogP contribution is 2.30. The molecule has 2 N–H and O–H groups in total. The van der Waals surface area contributed by atoms with E-state index in [-0.39, 0.29) is 6.54 Å². The lowest BCUT2D eigenvalue weighted by atomic mass is 9.96. The average Bonchev–Trinajstić information content (AvgIpc) is 3.07. The lowest BCUT2D eigenvalue weighted by molar-refractivity contribution is -0.173. The minimum Gasteiger partial charge on any atom is -0.497 e. The molecule has 1 aromatic heterocycles. The molecule has 0 atom stereocenters. The van der Waals surface area contributed by atoms with E-state index in [0.717, 1.165) is 33.3 Å².